The van der Waals surface area contributed by atoms with Crippen molar-refractivity contribution in [2.24, 2.45) is 0 Å². The van der Waals surface area contributed by atoms with Crippen LogP contribution in [0.25, 0.3) is 6.08 Å². The van der Waals surface area contributed by atoms with E-state index in [2.05, 4.69) is 0 Å². The average Bonchev–Trinajstić information content (AvgIpc) is 2.46. The number of ether oxygens (including phenoxy) is 1. The Bertz CT molecular complexity index is 736. The zero-order chi connectivity index (χ0) is 14.6. The summed E-state index contributed by atoms with van der Waals surface area (Å²) >= 11 is 5.98. The fourth-order valence-electron chi connectivity index (χ4n) is 1.63. The molecule has 2 rings (SSSR count). The molecule has 0 unspecified atom stereocenters. The fourth-order valence-corrected chi connectivity index (χ4v) is 2.86. The van der Waals surface area contributed by atoms with Crippen LogP contribution < -0.4 is 4.74 Å². The van der Waals surface area contributed by atoms with Crippen LogP contribution in [-0.4, -0.2) is 15.5 Å². The minimum atomic E-state index is -3.53. The van der Waals surface area contributed by atoms with E-state index in [9.17, 15) is 8.42 Å². The first kappa shape index (κ1) is 14.6. The topological polar surface area (TPSA) is 43.4 Å². The quantitative estimate of drug-likeness (QED) is 0.863. The zero-order valence-corrected chi connectivity index (χ0v) is 12.4. The van der Waals surface area contributed by atoms with E-state index in [0.29, 0.717) is 16.3 Å². The number of benzene rings is 2. The third-order valence-electron chi connectivity index (χ3n) is 2.70. The maximum absolute atomic E-state index is 12.2. The molecule has 0 saturated heterocycles. The van der Waals surface area contributed by atoms with Gasteiger partial charge in [-0.25, -0.2) is 8.42 Å². The molecule has 2 aromatic carbocycles. The van der Waals surface area contributed by atoms with Crippen LogP contribution in [0.2, 0.25) is 5.02 Å². The third-order valence-corrected chi connectivity index (χ3v) is 4.45. The number of sulfone groups is 1. The van der Waals surface area contributed by atoms with Gasteiger partial charge in [0.25, 0.3) is 0 Å². The molecular formula is C15H13ClO3S. The Morgan fingerprint density at radius 3 is 2.55 bits per heavy atom. The molecule has 0 heterocycles. The Labute approximate surface area is 123 Å². The zero-order valence-electron chi connectivity index (χ0n) is 10.8. The summed E-state index contributed by atoms with van der Waals surface area (Å²) in [5.41, 5.74) is 0.653. The summed E-state index contributed by atoms with van der Waals surface area (Å²) < 4.78 is 29.4. The average molecular weight is 309 g/mol. The van der Waals surface area contributed by atoms with Crippen LogP contribution in [-0.2, 0) is 9.84 Å². The Morgan fingerprint density at radius 1 is 1.10 bits per heavy atom. The SMILES string of the molecule is COc1cccc(S(=O)(=O)/C=C/c2ccccc2Cl)c1. The smallest absolute Gasteiger partial charge is 0.199 e. The molecular weight excluding hydrogens is 296 g/mol. The minimum absolute atomic E-state index is 0.181. The van der Waals surface area contributed by atoms with Crippen molar-refractivity contribution < 1.29 is 13.2 Å². The largest absolute Gasteiger partial charge is 0.497 e. The van der Waals surface area contributed by atoms with Crippen LogP contribution in [0, 0.1) is 0 Å². The number of rotatable bonds is 4. The highest BCUT2D eigenvalue weighted by Gasteiger charge is 2.11. The van der Waals surface area contributed by atoms with Gasteiger partial charge in [-0.1, -0.05) is 35.9 Å². The summed E-state index contributed by atoms with van der Waals surface area (Å²) in [7, 11) is -2.04. The number of hydrogen-bond donors (Lipinski definition) is 0. The lowest BCUT2D eigenvalue weighted by atomic mass is 10.2. The lowest BCUT2D eigenvalue weighted by Crippen LogP contribution is -1.96. The monoisotopic (exact) mass is 308 g/mol. The molecule has 2 aromatic rings. The summed E-state index contributed by atoms with van der Waals surface area (Å²) in [5.74, 6) is 0.497. The Hall–Kier alpha value is -1.78. The molecule has 104 valence electrons. The van der Waals surface area contributed by atoms with E-state index in [1.807, 2.05) is 0 Å². The molecule has 0 aliphatic carbocycles. The van der Waals surface area contributed by atoms with Gasteiger partial charge in [0.1, 0.15) is 5.75 Å². The summed E-state index contributed by atoms with van der Waals surface area (Å²) in [5, 5.41) is 1.65. The predicted molar refractivity (Wildman–Crippen MR) is 80.7 cm³/mol. The first-order valence-electron chi connectivity index (χ1n) is 5.85. The molecule has 0 spiro atoms. The molecule has 0 bridgehead atoms. The molecule has 5 heteroatoms. The second-order valence-electron chi connectivity index (χ2n) is 4.05. The van der Waals surface area contributed by atoms with Crippen LogP contribution in [0.5, 0.6) is 5.75 Å². The number of hydrogen-bond acceptors (Lipinski definition) is 3. The lowest BCUT2D eigenvalue weighted by molar-refractivity contribution is 0.413. The van der Waals surface area contributed by atoms with Gasteiger partial charge in [-0.3, -0.25) is 0 Å². The Morgan fingerprint density at radius 2 is 1.85 bits per heavy atom. The van der Waals surface area contributed by atoms with Crippen molar-refractivity contribution in [1.29, 1.82) is 0 Å². The first-order valence-corrected chi connectivity index (χ1v) is 7.77. The van der Waals surface area contributed by atoms with Crippen molar-refractivity contribution in [3.63, 3.8) is 0 Å². The molecule has 0 N–H and O–H groups in total. The van der Waals surface area contributed by atoms with Crippen LogP contribution in [0.15, 0.2) is 58.8 Å². The Kier molecular flexibility index (Phi) is 4.47. The van der Waals surface area contributed by atoms with Crippen molar-refractivity contribution in [3.05, 3.63) is 64.5 Å². The van der Waals surface area contributed by atoms with Gasteiger partial charge in [-0.15, -0.1) is 0 Å². The maximum atomic E-state index is 12.2. The number of methoxy groups -OCH3 is 1. The van der Waals surface area contributed by atoms with E-state index >= 15 is 0 Å². The highest BCUT2D eigenvalue weighted by Crippen LogP contribution is 2.21. The van der Waals surface area contributed by atoms with Crippen molar-refractivity contribution in [2.45, 2.75) is 4.90 Å². The van der Waals surface area contributed by atoms with Crippen LogP contribution in [0.3, 0.4) is 0 Å². The van der Waals surface area contributed by atoms with Gasteiger partial charge in [-0.05, 0) is 35.9 Å². The first-order chi connectivity index (χ1) is 9.53. The Balaban J connectivity index is 2.34. The second-order valence-corrected chi connectivity index (χ2v) is 6.29. The van der Waals surface area contributed by atoms with Crippen molar-refractivity contribution >= 4 is 27.5 Å². The lowest BCUT2D eigenvalue weighted by Gasteiger charge is -2.03. The molecule has 0 atom stereocenters. The summed E-state index contributed by atoms with van der Waals surface area (Å²) in [6.07, 6.45) is 1.48. The van der Waals surface area contributed by atoms with Gasteiger partial charge in [0, 0.05) is 10.4 Å². The molecule has 0 amide bonds. The molecule has 0 aliphatic rings. The van der Waals surface area contributed by atoms with Gasteiger partial charge in [0.15, 0.2) is 9.84 Å². The second kappa shape index (κ2) is 6.11. The van der Waals surface area contributed by atoms with Crippen molar-refractivity contribution in [1.82, 2.24) is 0 Å². The van der Waals surface area contributed by atoms with Gasteiger partial charge in [0.2, 0.25) is 0 Å². The number of halogens is 1. The molecule has 20 heavy (non-hydrogen) atoms. The molecule has 0 aliphatic heterocycles. The van der Waals surface area contributed by atoms with Crippen LogP contribution >= 0.6 is 11.6 Å². The van der Waals surface area contributed by atoms with Crippen molar-refractivity contribution in [3.8, 4) is 5.75 Å². The van der Waals surface area contributed by atoms with Gasteiger partial charge in [-0.2, -0.15) is 0 Å². The van der Waals surface area contributed by atoms with E-state index in [-0.39, 0.29) is 4.90 Å². The van der Waals surface area contributed by atoms with Gasteiger partial charge in [0.05, 0.1) is 12.0 Å². The molecule has 0 saturated carbocycles. The minimum Gasteiger partial charge on any atom is -0.497 e. The van der Waals surface area contributed by atoms with Gasteiger partial charge < -0.3 is 4.74 Å². The predicted octanol–water partition coefficient (Wildman–Crippen LogP) is 3.79. The van der Waals surface area contributed by atoms with Gasteiger partial charge >= 0.3 is 0 Å². The van der Waals surface area contributed by atoms with Crippen LogP contribution in [0.1, 0.15) is 5.56 Å². The van der Waals surface area contributed by atoms with E-state index in [1.165, 1.54) is 25.3 Å². The summed E-state index contributed by atoms with van der Waals surface area (Å²) in [4.78, 5) is 0.181. The molecule has 3 nitrogen and oxygen atoms in total. The normalized spacial score (nSPS) is 11.7. The fraction of sp³-hybridized carbons (Fsp3) is 0.0667. The highest BCUT2D eigenvalue weighted by atomic mass is 35.5. The van der Waals surface area contributed by atoms with E-state index in [4.69, 9.17) is 16.3 Å². The molecule has 0 radical (unpaired) electrons. The highest BCUT2D eigenvalue weighted by molar-refractivity contribution is 7.94. The summed E-state index contributed by atoms with van der Waals surface area (Å²) in [6.45, 7) is 0. The standard InChI is InChI=1S/C15H13ClO3S/c1-19-13-6-4-7-14(11-13)20(17,18)10-9-12-5-2-3-8-15(12)16/h2-11H,1H3/b10-9+. The van der Waals surface area contributed by atoms with E-state index < -0.39 is 9.84 Å². The third kappa shape index (κ3) is 3.40. The van der Waals surface area contributed by atoms with E-state index in [0.717, 1.165) is 5.41 Å². The van der Waals surface area contributed by atoms with Crippen LogP contribution in [0.4, 0.5) is 0 Å². The summed E-state index contributed by atoms with van der Waals surface area (Å²) in [6, 6.07) is 13.4. The van der Waals surface area contributed by atoms with Crippen molar-refractivity contribution in [2.75, 3.05) is 7.11 Å². The molecule has 0 fully saturated rings. The molecule has 0 aromatic heterocycles. The van der Waals surface area contributed by atoms with E-state index in [1.54, 1.807) is 36.4 Å². The maximum Gasteiger partial charge on any atom is 0.199 e.